The van der Waals surface area contributed by atoms with E-state index in [1.54, 1.807) is 66.7 Å². The molecule has 0 spiro atoms. The maximum atomic E-state index is 13.0. The van der Waals surface area contributed by atoms with E-state index in [-0.39, 0.29) is 13.2 Å². The summed E-state index contributed by atoms with van der Waals surface area (Å²) in [4.78, 5) is 48.0. The highest BCUT2D eigenvalue weighted by molar-refractivity contribution is 5.92. The second-order valence-corrected chi connectivity index (χ2v) is 10.9. The summed E-state index contributed by atoms with van der Waals surface area (Å²) in [6, 6.07) is 17.8. The van der Waals surface area contributed by atoms with E-state index in [9.17, 15) is 19.2 Å². The fourth-order valence-electron chi connectivity index (χ4n) is 3.91. The third-order valence-electron chi connectivity index (χ3n) is 6.29. The highest BCUT2D eigenvalue weighted by atomic mass is 16.5. The summed E-state index contributed by atoms with van der Waals surface area (Å²) in [5.74, 6) is -0.343. The first kappa shape index (κ1) is 35.1. The molecule has 0 fully saturated rings. The number of esters is 4. The molecule has 0 unspecified atom stereocenters. The highest BCUT2D eigenvalue weighted by Gasteiger charge is 2.23. The zero-order valence-electron chi connectivity index (χ0n) is 26.2. The van der Waals surface area contributed by atoms with Crippen LogP contribution in [0.5, 0.6) is 23.0 Å². The van der Waals surface area contributed by atoms with E-state index in [0.29, 0.717) is 65.7 Å². The van der Waals surface area contributed by atoms with Crippen molar-refractivity contribution < 1.29 is 47.6 Å². The second-order valence-electron chi connectivity index (χ2n) is 10.9. The van der Waals surface area contributed by atoms with Crippen molar-refractivity contribution in [3.63, 3.8) is 0 Å². The number of hydrogen-bond acceptors (Lipinski definition) is 10. The molecule has 242 valence electrons. The molecule has 0 saturated heterocycles. The Morgan fingerprint density at radius 1 is 0.609 bits per heavy atom. The van der Waals surface area contributed by atoms with Gasteiger partial charge in [-0.15, -0.1) is 0 Å². The van der Waals surface area contributed by atoms with E-state index in [2.05, 4.69) is 13.2 Å². The Bertz CT molecular complexity index is 1520. The molecule has 0 aliphatic heterocycles. The topological polar surface area (TPSA) is 124 Å². The van der Waals surface area contributed by atoms with Gasteiger partial charge in [-0.25, -0.2) is 19.2 Å². The molecule has 0 aromatic heterocycles. The summed E-state index contributed by atoms with van der Waals surface area (Å²) in [6.07, 6.45) is 3.21. The Balaban J connectivity index is 1.57. The molecular formula is C36H38O10. The summed E-state index contributed by atoms with van der Waals surface area (Å²) in [6.45, 7) is 13.6. The van der Waals surface area contributed by atoms with Gasteiger partial charge >= 0.3 is 23.9 Å². The normalized spacial score (nSPS) is 10.7. The number of benzene rings is 3. The molecule has 0 aliphatic carbocycles. The quantitative estimate of drug-likeness (QED) is 0.0758. The van der Waals surface area contributed by atoms with E-state index < -0.39 is 29.3 Å². The van der Waals surface area contributed by atoms with Gasteiger partial charge in [0.05, 0.1) is 37.6 Å². The van der Waals surface area contributed by atoms with Crippen LogP contribution in [0.1, 0.15) is 59.9 Å². The fourth-order valence-corrected chi connectivity index (χ4v) is 3.91. The van der Waals surface area contributed by atoms with Gasteiger partial charge in [-0.2, -0.15) is 0 Å². The summed E-state index contributed by atoms with van der Waals surface area (Å²) in [7, 11) is 0. The van der Waals surface area contributed by atoms with Crippen molar-refractivity contribution in [3.8, 4) is 23.0 Å². The molecule has 3 rings (SSSR count). The van der Waals surface area contributed by atoms with E-state index >= 15 is 0 Å². The van der Waals surface area contributed by atoms with Crippen LogP contribution in [0.3, 0.4) is 0 Å². The predicted molar refractivity (Wildman–Crippen MR) is 170 cm³/mol. The Labute approximate surface area is 268 Å². The molecule has 10 nitrogen and oxygen atoms in total. The monoisotopic (exact) mass is 630 g/mol. The first-order valence-electron chi connectivity index (χ1n) is 14.6. The minimum atomic E-state index is -0.562. The SMILES string of the molecule is C=CC(=O)OCCCOc1ccc(C(=O)Oc2ccc(OC(=O)c3ccc(OCCCOC(=O)C=C)cc3)c(C(C)(C)C)c2)cc1. The lowest BCUT2D eigenvalue weighted by Gasteiger charge is -2.23. The highest BCUT2D eigenvalue weighted by Crippen LogP contribution is 2.35. The standard InChI is InChI=1S/C36H38O10/c1-6-32(37)43-22-8-20-41-27-14-10-25(11-15-27)34(39)45-29-18-19-31(30(24-29)36(3,4)5)46-35(40)26-12-16-28(17-13-26)42-21-9-23-44-33(38)7-2/h6-7,10-19,24H,1-2,8-9,20-23H2,3-5H3. The summed E-state index contributed by atoms with van der Waals surface area (Å²) < 4.78 is 32.4. The van der Waals surface area contributed by atoms with Gasteiger partial charge in [0.25, 0.3) is 0 Å². The number of ether oxygens (including phenoxy) is 6. The fraction of sp³-hybridized carbons (Fsp3) is 0.278. The van der Waals surface area contributed by atoms with Gasteiger partial charge in [0.15, 0.2) is 0 Å². The lowest BCUT2D eigenvalue weighted by molar-refractivity contribution is -0.138. The van der Waals surface area contributed by atoms with Crippen molar-refractivity contribution in [1.82, 2.24) is 0 Å². The van der Waals surface area contributed by atoms with Crippen LogP contribution in [-0.4, -0.2) is 50.3 Å². The molecule has 0 N–H and O–H groups in total. The van der Waals surface area contributed by atoms with E-state index in [0.717, 1.165) is 12.2 Å². The maximum Gasteiger partial charge on any atom is 0.343 e. The molecule has 0 heterocycles. The Hall–Kier alpha value is -5.38. The Morgan fingerprint density at radius 3 is 1.48 bits per heavy atom. The summed E-state index contributed by atoms with van der Waals surface area (Å²) in [5.41, 5.74) is 0.874. The third-order valence-corrected chi connectivity index (χ3v) is 6.29. The molecular weight excluding hydrogens is 592 g/mol. The van der Waals surface area contributed by atoms with Gasteiger partial charge in [-0.05, 0) is 72.1 Å². The van der Waals surface area contributed by atoms with Gasteiger partial charge in [-0.1, -0.05) is 33.9 Å². The van der Waals surface area contributed by atoms with Crippen molar-refractivity contribution in [1.29, 1.82) is 0 Å². The average molecular weight is 631 g/mol. The predicted octanol–water partition coefficient (Wildman–Crippen LogP) is 6.42. The Kier molecular flexibility index (Phi) is 13.1. The van der Waals surface area contributed by atoms with Crippen LogP contribution in [0.15, 0.2) is 92.0 Å². The van der Waals surface area contributed by atoms with Gasteiger partial charge in [0, 0.05) is 30.6 Å². The molecule has 3 aromatic carbocycles. The molecule has 0 bridgehead atoms. The zero-order chi connectivity index (χ0) is 33.5. The lowest BCUT2D eigenvalue weighted by atomic mass is 9.86. The zero-order valence-corrected chi connectivity index (χ0v) is 26.2. The van der Waals surface area contributed by atoms with Gasteiger partial charge in [-0.3, -0.25) is 0 Å². The lowest BCUT2D eigenvalue weighted by Crippen LogP contribution is -2.17. The van der Waals surface area contributed by atoms with Crippen LogP contribution < -0.4 is 18.9 Å². The minimum absolute atomic E-state index is 0.214. The molecule has 46 heavy (non-hydrogen) atoms. The van der Waals surface area contributed by atoms with E-state index in [1.807, 2.05) is 20.8 Å². The smallest absolute Gasteiger partial charge is 0.343 e. The summed E-state index contributed by atoms with van der Waals surface area (Å²) in [5, 5.41) is 0. The largest absolute Gasteiger partial charge is 0.493 e. The van der Waals surface area contributed by atoms with Gasteiger partial charge in [0.2, 0.25) is 0 Å². The van der Waals surface area contributed by atoms with Crippen LogP contribution in [0.4, 0.5) is 0 Å². The number of rotatable bonds is 16. The molecule has 10 heteroatoms. The Morgan fingerprint density at radius 2 is 1.04 bits per heavy atom. The molecule has 0 atom stereocenters. The van der Waals surface area contributed by atoms with Crippen LogP contribution in [0, 0.1) is 0 Å². The van der Waals surface area contributed by atoms with Crippen LogP contribution >= 0.6 is 0 Å². The van der Waals surface area contributed by atoms with Crippen molar-refractivity contribution in [2.75, 3.05) is 26.4 Å². The third kappa shape index (κ3) is 11.3. The van der Waals surface area contributed by atoms with Crippen LogP contribution in [-0.2, 0) is 24.5 Å². The first-order chi connectivity index (χ1) is 22.0. The van der Waals surface area contributed by atoms with Gasteiger partial charge < -0.3 is 28.4 Å². The minimum Gasteiger partial charge on any atom is -0.493 e. The second kappa shape index (κ2) is 17.2. The van der Waals surface area contributed by atoms with Crippen LogP contribution in [0.25, 0.3) is 0 Å². The van der Waals surface area contributed by atoms with E-state index in [4.69, 9.17) is 28.4 Å². The van der Waals surface area contributed by atoms with Crippen molar-refractivity contribution >= 4 is 23.9 Å². The van der Waals surface area contributed by atoms with Crippen LogP contribution in [0.2, 0.25) is 0 Å². The number of carbonyl (C=O) groups excluding carboxylic acids is 4. The molecule has 0 radical (unpaired) electrons. The number of carbonyl (C=O) groups is 4. The average Bonchev–Trinajstić information content (AvgIpc) is 3.04. The van der Waals surface area contributed by atoms with Crippen molar-refractivity contribution in [3.05, 3.63) is 109 Å². The van der Waals surface area contributed by atoms with E-state index in [1.165, 1.54) is 0 Å². The van der Waals surface area contributed by atoms with Gasteiger partial charge in [0.1, 0.15) is 23.0 Å². The van der Waals surface area contributed by atoms with Crippen molar-refractivity contribution in [2.24, 2.45) is 0 Å². The number of hydrogen-bond donors (Lipinski definition) is 0. The first-order valence-corrected chi connectivity index (χ1v) is 14.6. The molecule has 3 aromatic rings. The maximum absolute atomic E-state index is 13.0. The molecule has 0 aliphatic rings. The van der Waals surface area contributed by atoms with Crippen molar-refractivity contribution in [2.45, 2.75) is 39.0 Å². The summed E-state index contributed by atoms with van der Waals surface area (Å²) >= 11 is 0. The molecule has 0 amide bonds. The molecule has 0 saturated carbocycles.